The molecule has 2 heterocycles. The summed E-state index contributed by atoms with van der Waals surface area (Å²) in [6, 6.07) is 4.09. The van der Waals surface area contributed by atoms with Gasteiger partial charge in [0.15, 0.2) is 16.7 Å². The number of nitrogens with two attached hydrogens (primary N) is 1. The van der Waals surface area contributed by atoms with Gasteiger partial charge >= 0.3 is 12.0 Å². The summed E-state index contributed by atoms with van der Waals surface area (Å²) in [5, 5.41) is 11.7. The van der Waals surface area contributed by atoms with E-state index < -0.39 is 11.9 Å². The Bertz CT molecular complexity index is 1080. The number of aromatic nitrogens is 2. The standard InChI is InChI=1S/C18H17BrFN5O5S/c1-18(2,3)12(8-28-17(21)27)31-16-14(22-30-24-16)15-23-29-13(7-26)25(15)9-4-5-11(20)10(19)6-9/h4-6,12H,8H2,1-3H3,(H2,21,27). The molecule has 0 spiro atoms. The third kappa shape index (κ3) is 5.06. The fourth-order valence-corrected chi connectivity index (χ4v) is 3.93. The van der Waals surface area contributed by atoms with E-state index >= 15 is 0 Å². The molecule has 13 heteroatoms. The highest BCUT2D eigenvalue weighted by Gasteiger charge is 2.36. The lowest BCUT2D eigenvalue weighted by Crippen LogP contribution is -2.31. The lowest BCUT2D eigenvalue weighted by atomic mass is 9.92. The normalized spacial score (nSPS) is 14.7. The molecule has 0 saturated heterocycles. The van der Waals surface area contributed by atoms with Gasteiger partial charge < -0.3 is 15.3 Å². The molecular formula is C18H17BrFN5O5S. The Kier molecular flexibility index (Phi) is 6.68. The number of ether oxygens (including phenoxy) is 1. The highest BCUT2D eigenvalue weighted by molar-refractivity contribution is 9.10. The monoisotopic (exact) mass is 513 g/mol. The number of halogens is 2. The van der Waals surface area contributed by atoms with E-state index in [2.05, 4.69) is 31.4 Å². The zero-order valence-electron chi connectivity index (χ0n) is 16.6. The number of amides is 1. The van der Waals surface area contributed by atoms with Gasteiger partial charge in [-0.2, -0.15) is 0 Å². The van der Waals surface area contributed by atoms with Crippen molar-refractivity contribution in [1.82, 2.24) is 10.3 Å². The smallest absolute Gasteiger partial charge is 0.404 e. The van der Waals surface area contributed by atoms with Crippen molar-refractivity contribution < 1.29 is 28.2 Å². The summed E-state index contributed by atoms with van der Waals surface area (Å²) in [6.45, 7) is 5.88. The van der Waals surface area contributed by atoms with E-state index in [9.17, 15) is 14.0 Å². The first-order valence-corrected chi connectivity index (χ1v) is 10.5. The lowest BCUT2D eigenvalue weighted by Gasteiger charge is -2.28. The maximum atomic E-state index is 13.7. The van der Waals surface area contributed by atoms with E-state index in [0.29, 0.717) is 10.7 Å². The predicted octanol–water partition coefficient (Wildman–Crippen LogP) is 3.44. The van der Waals surface area contributed by atoms with Gasteiger partial charge in [-0.3, -0.25) is 0 Å². The number of hydrogen-bond donors (Lipinski definition) is 1. The van der Waals surface area contributed by atoms with Gasteiger partial charge in [-0.25, -0.2) is 23.5 Å². The maximum absolute atomic E-state index is 13.7. The van der Waals surface area contributed by atoms with Gasteiger partial charge in [0.05, 0.1) is 15.4 Å². The number of rotatable bonds is 6. The van der Waals surface area contributed by atoms with Crippen LogP contribution < -0.4 is 10.6 Å². The molecule has 1 unspecified atom stereocenters. The summed E-state index contributed by atoms with van der Waals surface area (Å²) >= 11 is 4.34. The Labute approximate surface area is 188 Å². The summed E-state index contributed by atoms with van der Waals surface area (Å²) in [4.78, 5) is 28.8. The van der Waals surface area contributed by atoms with Gasteiger partial charge in [0.2, 0.25) is 5.84 Å². The Morgan fingerprint density at radius 1 is 1.42 bits per heavy atom. The van der Waals surface area contributed by atoms with Crippen LogP contribution in [0.3, 0.4) is 0 Å². The van der Waals surface area contributed by atoms with Crippen molar-refractivity contribution in [1.29, 1.82) is 0 Å². The fourth-order valence-electron chi connectivity index (χ4n) is 2.49. The Balaban J connectivity index is 1.96. The van der Waals surface area contributed by atoms with Gasteiger partial charge in [0.25, 0.3) is 0 Å². The van der Waals surface area contributed by atoms with Gasteiger partial charge in [0, 0.05) is 0 Å². The van der Waals surface area contributed by atoms with E-state index in [0.717, 1.165) is 0 Å². The van der Waals surface area contributed by atoms with Crippen molar-refractivity contribution >= 4 is 51.2 Å². The molecule has 1 aliphatic heterocycles. The molecule has 1 atom stereocenters. The minimum atomic E-state index is -0.893. The summed E-state index contributed by atoms with van der Waals surface area (Å²) in [7, 11) is 0. The van der Waals surface area contributed by atoms with Crippen LogP contribution in [0.4, 0.5) is 14.9 Å². The number of thioether (sulfide) groups is 1. The molecule has 1 amide bonds. The average Bonchev–Trinajstić information content (AvgIpc) is 3.32. The second-order valence-corrected chi connectivity index (χ2v) is 9.41. The molecule has 164 valence electrons. The number of carbonyl (C=O) groups excluding carboxylic acids is 2. The van der Waals surface area contributed by atoms with Crippen LogP contribution >= 0.6 is 27.7 Å². The molecule has 10 nitrogen and oxygen atoms in total. The molecule has 0 fully saturated rings. The number of hydrogen-bond acceptors (Lipinski definition) is 10. The number of primary amides is 1. The Morgan fingerprint density at radius 3 is 2.77 bits per heavy atom. The fraction of sp³-hybridized carbons (Fsp3) is 0.333. The zero-order chi connectivity index (χ0) is 22.8. The van der Waals surface area contributed by atoms with Crippen molar-refractivity contribution in [3.63, 3.8) is 0 Å². The molecule has 0 saturated carbocycles. The lowest BCUT2D eigenvalue weighted by molar-refractivity contribution is 0.144. The molecule has 0 radical (unpaired) electrons. The van der Waals surface area contributed by atoms with Crippen molar-refractivity contribution in [2.45, 2.75) is 31.0 Å². The van der Waals surface area contributed by atoms with E-state index in [1.807, 2.05) is 20.8 Å². The third-order valence-corrected chi connectivity index (χ3v) is 6.38. The van der Waals surface area contributed by atoms with Crippen molar-refractivity contribution in [2.24, 2.45) is 16.3 Å². The second kappa shape index (κ2) is 9.08. The number of carbonyl (C=O) groups is 1. The molecular weight excluding hydrogens is 497 g/mol. The predicted molar refractivity (Wildman–Crippen MR) is 112 cm³/mol. The van der Waals surface area contributed by atoms with Gasteiger partial charge in [0.1, 0.15) is 12.4 Å². The first-order chi connectivity index (χ1) is 14.6. The number of oxime groups is 1. The van der Waals surface area contributed by atoms with Crippen molar-refractivity contribution in [3.8, 4) is 0 Å². The molecule has 0 aliphatic carbocycles. The quantitative estimate of drug-likeness (QED) is 0.455. The largest absolute Gasteiger partial charge is 0.448 e. The molecule has 2 N–H and O–H groups in total. The molecule has 1 aromatic heterocycles. The number of amidine groups is 1. The third-order valence-electron chi connectivity index (χ3n) is 4.15. The van der Waals surface area contributed by atoms with E-state index in [1.165, 1.54) is 34.9 Å². The van der Waals surface area contributed by atoms with Crippen LogP contribution in [-0.4, -0.2) is 40.0 Å². The second-order valence-electron chi connectivity index (χ2n) is 7.37. The summed E-state index contributed by atoms with van der Waals surface area (Å²) in [5.41, 5.74) is 5.31. The molecule has 2 aromatic rings. The van der Waals surface area contributed by atoms with Crippen LogP contribution in [0.1, 0.15) is 26.5 Å². The van der Waals surface area contributed by atoms with E-state index in [4.69, 9.17) is 19.9 Å². The Morgan fingerprint density at radius 2 is 2.16 bits per heavy atom. The van der Waals surface area contributed by atoms with E-state index in [-0.39, 0.29) is 39.2 Å². The summed E-state index contributed by atoms with van der Waals surface area (Å²) < 4.78 is 23.7. The van der Waals surface area contributed by atoms with E-state index in [1.54, 1.807) is 5.94 Å². The van der Waals surface area contributed by atoms with Gasteiger partial charge in [-0.05, 0) is 49.9 Å². The first kappa shape index (κ1) is 22.8. The average molecular weight is 514 g/mol. The van der Waals surface area contributed by atoms with Crippen molar-refractivity contribution in [3.05, 3.63) is 40.1 Å². The summed E-state index contributed by atoms with van der Waals surface area (Å²) in [6.07, 6.45) is -0.893. The zero-order valence-corrected chi connectivity index (χ0v) is 19.0. The molecule has 0 bridgehead atoms. The maximum Gasteiger partial charge on any atom is 0.404 e. The van der Waals surface area contributed by atoms with Gasteiger partial charge in [-0.15, -0.1) is 0 Å². The minimum Gasteiger partial charge on any atom is -0.448 e. The van der Waals surface area contributed by atoms with Crippen LogP contribution in [-0.2, 0) is 14.4 Å². The van der Waals surface area contributed by atoms with Crippen LogP contribution in [0, 0.1) is 11.2 Å². The molecule has 1 aromatic carbocycles. The van der Waals surface area contributed by atoms with Crippen LogP contribution in [0.2, 0.25) is 0 Å². The highest BCUT2D eigenvalue weighted by Crippen LogP contribution is 2.38. The SMILES string of the molecule is CC(C)(C)C(COC(N)=O)Sc1nonc1C1=NOC(=C=O)N1c1ccc(F)c(Br)c1. The topological polar surface area (TPSA) is 133 Å². The summed E-state index contributed by atoms with van der Waals surface area (Å²) in [5.74, 6) is 0.980. The molecule has 1 aliphatic rings. The van der Waals surface area contributed by atoms with Crippen LogP contribution in [0.15, 0.2) is 43.4 Å². The molecule has 31 heavy (non-hydrogen) atoms. The van der Waals surface area contributed by atoms with Crippen LogP contribution in [0.5, 0.6) is 0 Å². The Hall–Kier alpha value is -2.89. The minimum absolute atomic E-state index is 0.0207. The molecule has 3 rings (SSSR count). The van der Waals surface area contributed by atoms with Crippen molar-refractivity contribution in [2.75, 3.05) is 11.5 Å². The first-order valence-electron chi connectivity index (χ1n) is 8.79. The number of nitrogens with zero attached hydrogens (tertiary/aromatic N) is 4. The van der Waals surface area contributed by atoms with Crippen LogP contribution in [0.25, 0.3) is 0 Å². The van der Waals surface area contributed by atoms with Gasteiger partial charge in [-0.1, -0.05) is 37.7 Å². The number of anilines is 1. The highest BCUT2D eigenvalue weighted by atomic mass is 79.9. The number of benzene rings is 1.